The molecule has 0 N–H and O–H groups in total. The average molecular weight is 246 g/mol. The molecule has 3 rings (SSSR count). The van der Waals surface area contributed by atoms with Gasteiger partial charge in [0.15, 0.2) is 0 Å². The lowest BCUT2D eigenvalue weighted by atomic mass is 9.93. The van der Waals surface area contributed by atoms with Crippen LogP contribution in [0.25, 0.3) is 0 Å². The zero-order valence-corrected chi connectivity index (χ0v) is 12.3. The highest BCUT2D eigenvalue weighted by atomic mass is 15.3. The number of nitrogens with zero attached hydrogens (tertiary/aromatic N) is 2. The van der Waals surface area contributed by atoms with E-state index in [-0.39, 0.29) is 0 Å². The topological polar surface area (TPSA) is 6.48 Å². The van der Waals surface area contributed by atoms with Gasteiger partial charge in [-0.05, 0) is 62.2 Å². The first kappa shape index (κ1) is 12.1. The van der Waals surface area contributed by atoms with Gasteiger partial charge < -0.3 is 9.80 Å². The van der Waals surface area contributed by atoms with Gasteiger partial charge in [0, 0.05) is 26.2 Å². The second-order valence-electron chi connectivity index (χ2n) is 6.44. The Hall–Kier alpha value is -0.920. The molecule has 2 fully saturated rings. The molecule has 0 aromatic heterocycles. The van der Waals surface area contributed by atoms with Gasteiger partial charge in [-0.1, -0.05) is 6.92 Å². The Kier molecular flexibility index (Phi) is 2.91. The molecule has 1 aliphatic carbocycles. The van der Waals surface area contributed by atoms with Crippen LogP contribution in [0.2, 0.25) is 0 Å². The van der Waals surface area contributed by atoms with Crippen LogP contribution in [0.1, 0.15) is 46.5 Å². The van der Waals surface area contributed by atoms with Crippen molar-refractivity contribution in [1.29, 1.82) is 0 Å². The minimum absolute atomic E-state index is 0.577. The molecule has 0 spiro atoms. The summed E-state index contributed by atoms with van der Waals surface area (Å²) < 4.78 is 0. The van der Waals surface area contributed by atoms with Gasteiger partial charge in [-0.25, -0.2) is 0 Å². The van der Waals surface area contributed by atoms with E-state index in [1.807, 2.05) is 0 Å². The Morgan fingerprint density at radius 3 is 2.50 bits per heavy atom. The molecule has 0 aromatic carbocycles. The Morgan fingerprint density at radius 1 is 1.11 bits per heavy atom. The number of allylic oxidation sites excluding steroid dienone is 2. The van der Waals surface area contributed by atoms with Crippen LogP contribution < -0.4 is 0 Å². The summed E-state index contributed by atoms with van der Waals surface area (Å²) in [6.45, 7) is 9.59. The van der Waals surface area contributed by atoms with E-state index in [4.69, 9.17) is 0 Å². The molecular weight excluding hydrogens is 220 g/mol. The maximum absolute atomic E-state index is 2.65. The molecule has 18 heavy (non-hydrogen) atoms. The number of rotatable bonds is 1. The molecule has 100 valence electrons. The van der Waals surface area contributed by atoms with Crippen LogP contribution in [0, 0.1) is 5.92 Å². The van der Waals surface area contributed by atoms with Gasteiger partial charge in [0.1, 0.15) is 5.82 Å². The predicted octanol–water partition coefficient (Wildman–Crippen LogP) is 3.37. The molecule has 0 aromatic rings. The maximum atomic E-state index is 2.65. The second kappa shape index (κ2) is 4.32. The molecule has 2 heterocycles. The minimum Gasteiger partial charge on any atom is -0.358 e. The number of likely N-dealkylation sites (tertiary alicyclic amines) is 1. The Labute approximate surface area is 111 Å². The van der Waals surface area contributed by atoms with Gasteiger partial charge in [-0.15, -0.1) is 0 Å². The summed E-state index contributed by atoms with van der Waals surface area (Å²) in [6.07, 6.45) is 5.32. The van der Waals surface area contributed by atoms with E-state index >= 15 is 0 Å². The van der Waals surface area contributed by atoms with E-state index in [9.17, 15) is 0 Å². The predicted molar refractivity (Wildman–Crippen MR) is 76.2 cm³/mol. The van der Waals surface area contributed by atoms with Gasteiger partial charge in [0.05, 0.1) is 0 Å². The molecule has 3 aliphatic rings. The van der Waals surface area contributed by atoms with Crippen LogP contribution >= 0.6 is 0 Å². The van der Waals surface area contributed by atoms with E-state index in [1.165, 1.54) is 38.8 Å². The first-order valence-electron chi connectivity index (χ1n) is 7.50. The average Bonchev–Trinajstić information content (AvgIpc) is 2.96. The molecule has 1 saturated carbocycles. The lowest BCUT2D eigenvalue weighted by Gasteiger charge is -2.41. The Morgan fingerprint density at radius 2 is 1.83 bits per heavy atom. The normalized spacial score (nSPS) is 32.7. The molecular formula is C16H26N2. The molecule has 0 bridgehead atoms. The summed E-state index contributed by atoms with van der Waals surface area (Å²) in [5.41, 5.74) is 4.97. The van der Waals surface area contributed by atoms with Gasteiger partial charge in [0.25, 0.3) is 0 Å². The van der Waals surface area contributed by atoms with E-state index in [2.05, 4.69) is 37.6 Å². The Bertz CT molecular complexity index is 419. The molecule has 0 amide bonds. The van der Waals surface area contributed by atoms with Crippen molar-refractivity contribution in [3.8, 4) is 0 Å². The summed E-state index contributed by atoms with van der Waals surface area (Å²) in [6, 6.07) is 0.577. The zero-order valence-electron chi connectivity index (χ0n) is 12.3. The van der Waals surface area contributed by atoms with Crippen LogP contribution in [0.15, 0.2) is 22.5 Å². The number of fused-ring (bicyclic) bond motifs is 1. The summed E-state index contributed by atoms with van der Waals surface area (Å²) >= 11 is 0. The van der Waals surface area contributed by atoms with Crippen molar-refractivity contribution in [2.45, 2.75) is 52.5 Å². The highest BCUT2D eigenvalue weighted by Gasteiger charge is 2.35. The van der Waals surface area contributed by atoms with Crippen LogP contribution in [-0.4, -0.2) is 36.0 Å². The fourth-order valence-electron chi connectivity index (χ4n) is 3.91. The molecule has 2 nitrogen and oxygen atoms in total. The summed E-state index contributed by atoms with van der Waals surface area (Å²) in [5.74, 6) is 2.42. The standard InChI is InChI=1S/C16H26N2/c1-11-8-9-18(10-11)16-15-7-5-6-14(15)12(2)13(3)17(16)4/h11,13H,5-10H2,1-4H3. The number of hydrogen-bond donors (Lipinski definition) is 0. The summed E-state index contributed by atoms with van der Waals surface area (Å²) in [5, 5.41) is 0. The number of hydrogen-bond acceptors (Lipinski definition) is 2. The van der Waals surface area contributed by atoms with Crippen molar-refractivity contribution in [3.63, 3.8) is 0 Å². The van der Waals surface area contributed by atoms with Crippen molar-refractivity contribution in [2.75, 3.05) is 20.1 Å². The van der Waals surface area contributed by atoms with Gasteiger partial charge in [0.2, 0.25) is 0 Å². The third-order valence-corrected chi connectivity index (χ3v) is 5.23. The SMILES string of the molecule is CC1=C2CCCC2=C(N2CCC(C)C2)N(C)C1C. The highest BCUT2D eigenvalue weighted by molar-refractivity contribution is 5.46. The third-order valence-electron chi connectivity index (χ3n) is 5.23. The van der Waals surface area contributed by atoms with Crippen molar-refractivity contribution in [1.82, 2.24) is 9.80 Å². The van der Waals surface area contributed by atoms with E-state index in [0.29, 0.717) is 6.04 Å². The molecule has 2 unspecified atom stereocenters. The molecule has 2 atom stereocenters. The van der Waals surface area contributed by atoms with Gasteiger partial charge in [-0.3, -0.25) is 0 Å². The lowest BCUT2D eigenvalue weighted by molar-refractivity contribution is 0.227. The first-order valence-corrected chi connectivity index (χ1v) is 7.50. The van der Waals surface area contributed by atoms with Crippen LogP contribution in [0.4, 0.5) is 0 Å². The maximum Gasteiger partial charge on any atom is 0.108 e. The number of likely N-dealkylation sites (N-methyl/N-ethyl adjacent to an activating group) is 1. The van der Waals surface area contributed by atoms with Crippen molar-refractivity contribution in [3.05, 3.63) is 22.5 Å². The largest absolute Gasteiger partial charge is 0.358 e. The first-order chi connectivity index (χ1) is 8.59. The summed E-state index contributed by atoms with van der Waals surface area (Å²) in [7, 11) is 2.29. The quantitative estimate of drug-likeness (QED) is 0.700. The van der Waals surface area contributed by atoms with Crippen molar-refractivity contribution in [2.24, 2.45) is 5.92 Å². The van der Waals surface area contributed by atoms with E-state index in [0.717, 1.165) is 5.92 Å². The zero-order chi connectivity index (χ0) is 12.9. The fraction of sp³-hybridized carbons (Fsp3) is 0.750. The monoisotopic (exact) mass is 246 g/mol. The van der Waals surface area contributed by atoms with Crippen LogP contribution in [0.3, 0.4) is 0 Å². The van der Waals surface area contributed by atoms with Crippen molar-refractivity contribution < 1.29 is 0 Å². The van der Waals surface area contributed by atoms with Crippen molar-refractivity contribution >= 4 is 0 Å². The third kappa shape index (κ3) is 1.69. The lowest BCUT2D eigenvalue weighted by Crippen LogP contribution is -2.41. The Balaban J connectivity index is 2.02. The molecule has 2 heteroatoms. The summed E-state index contributed by atoms with van der Waals surface area (Å²) in [4.78, 5) is 5.17. The van der Waals surface area contributed by atoms with Gasteiger partial charge in [-0.2, -0.15) is 0 Å². The molecule has 1 saturated heterocycles. The fourth-order valence-corrected chi connectivity index (χ4v) is 3.91. The minimum atomic E-state index is 0.577. The second-order valence-corrected chi connectivity index (χ2v) is 6.44. The van der Waals surface area contributed by atoms with E-state index < -0.39 is 0 Å². The van der Waals surface area contributed by atoms with Crippen LogP contribution in [-0.2, 0) is 0 Å². The molecule has 0 radical (unpaired) electrons. The van der Waals surface area contributed by atoms with Gasteiger partial charge >= 0.3 is 0 Å². The van der Waals surface area contributed by atoms with E-state index in [1.54, 1.807) is 22.5 Å². The van der Waals surface area contributed by atoms with Crippen LogP contribution in [0.5, 0.6) is 0 Å². The smallest absolute Gasteiger partial charge is 0.108 e. The molecule has 2 aliphatic heterocycles. The highest BCUT2D eigenvalue weighted by Crippen LogP contribution is 2.43.